The van der Waals surface area contributed by atoms with Gasteiger partial charge in [0.05, 0.1) is 11.2 Å². The fourth-order valence-electron chi connectivity index (χ4n) is 4.01. The zero-order valence-electron chi connectivity index (χ0n) is 17.9. The number of Topliss-reactive ketones (excluding diaryl/α,β-unsaturated/α-hetero) is 2. The van der Waals surface area contributed by atoms with E-state index >= 15 is 0 Å². The molecule has 0 saturated carbocycles. The predicted molar refractivity (Wildman–Crippen MR) is 121 cm³/mol. The summed E-state index contributed by atoms with van der Waals surface area (Å²) in [6, 6.07) is 12.1. The second-order valence-corrected chi connectivity index (χ2v) is 10.2. The second kappa shape index (κ2) is 7.74. The fraction of sp³-hybridized carbons (Fsp3) is 0.417. The van der Waals surface area contributed by atoms with E-state index in [0.29, 0.717) is 37.2 Å². The van der Waals surface area contributed by atoms with E-state index < -0.39 is 0 Å². The quantitative estimate of drug-likeness (QED) is 0.597. The van der Waals surface area contributed by atoms with Crippen LogP contribution < -0.4 is 5.46 Å². The van der Waals surface area contributed by atoms with Gasteiger partial charge in [0.2, 0.25) is 0 Å². The van der Waals surface area contributed by atoms with Gasteiger partial charge in [0.25, 0.3) is 0 Å². The van der Waals surface area contributed by atoms with Crippen molar-refractivity contribution in [1.82, 2.24) is 0 Å². The van der Waals surface area contributed by atoms with Crippen molar-refractivity contribution in [3.05, 3.63) is 63.1 Å². The third kappa shape index (κ3) is 4.18. The summed E-state index contributed by atoms with van der Waals surface area (Å²) >= 11 is 3.37. The summed E-state index contributed by atoms with van der Waals surface area (Å²) in [5, 5.41) is 0. The van der Waals surface area contributed by atoms with Crippen LogP contribution in [0.4, 0.5) is 0 Å². The van der Waals surface area contributed by atoms with E-state index in [1.54, 1.807) is 0 Å². The van der Waals surface area contributed by atoms with Gasteiger partial charge in [0.15, 0.2) is 0 Å². The maximum atomic E-state index is 11.5. The Bertz CT molecular complexity index is 1010. The largest absolute Gasteiger partial charge is 0.494 e. The molecule has 0 bridgehead atoms. The fourth-order valence-corrected chi connectivity index (χ4v) is 4.42. The van der Waals surface area contributed by atoms with Crippen molar-refractivity contribution in [1.29, 1.82) is 0 Å². The van der Waals surface area contributed by atoms with Crippen molar-refractivity contribution in [3.8, 4) is 0 Å². The molecular weight excluding hydrogens is 443 g/mol. The molecule has 0 aromatic heterocycles. The lowest BCUT2D eigenvalue weighted by atomic mass is 9.78. The minimum atomic E-state index is -0.342. The van der Waals surface area contributed by atoms with Crippen LogP contribution in [-0.2, 0) is 44.6 Å². The van der Waals surface area contributed by atoms with E-state index in [-0.39, 0.29) is 18.3 Å². The summed E-state index contributed by atoms with van der Waals surface area (Å²) in [5.41, 5.74) is 5.00. The van der Waals surface area contributed by atoms with E-state index in [1.807, 2.05) is 58.0 Å². The summed E-state index contributed by atoms with van der Waals surface area (Å²) < 4.78 is 13.1. The molecule has 156 valence electrons. The van der Waals surface area contributed by atoms with Crippen molar-refractivity contribution in [2.24, 2.45) is 0 Å². The van der Waals surface area contributed by atoms with E-state index in [1.165, 1.54) is 11.1 Å². The van der Waals surface area contributed by atoms with Crippen LogP contribution >= 0.6 is 15.9 Å². The van der Waals surface area contributed by atoms with Gasteiger partial charge in [-0.15, -0.1) is 0 Å². The molecule has 2 aromatic rings. The zero-order chi connectivity index (χ0) is 21.7. The molecule has 3 aliphatic rings. The van der Waals surface area contributed by atoms with Gasteiger partial charge in [0, 0.05) is 30.2 Å². The van der Waals surface area contributed by atoms with Crippen molar-refractivity contribution in [3.63, 3.8) is 0 Å². The standard InChI is InChI=1S/C15H19BO3.C9H7BrO/c1-14(2)15(3,4)19-16(18-14)12-6-5-10-8-13(17)9-11(10)7-12;10-8-2-1-6-4-9(11)5-7(6)3-8/h5-7H,8-9H2,1-4H3;1-3H,4-5H2. The molecule has 5 rings (SSSR count). The highest BCUT2D eigenvalue weighted by Crippen LogP contribution is 2.36. The molecule has 0 spiro atoms. The number of carbonyl (C=O) groups is 2. The smallest absolute Gasteiger partial charge is 0.399 e. The molecule has 0 amide bonds. The van der Waals surface area contributed by atoms with Gasteiger partial charge >= 0.3 is 7.12 Å². The molecule has 0 radical (unpaired) electrons. The van der Waals surface area contributed by atoms with Gasteiger partial charge in [-0.05, 0) is 67.5 Å². The van der Waals surface area contributed by atoms with E-state index in [9.17, 15) is 9.59 Å². The van der Waals surface area contributed by atoms with Crippen molar-refractivity contribution in [2.45, 2.75) is 64.6 Å². The first-order valence-electron chi connectivity index (χ1n) is 10.3. The topological polar surface area (TPSA) is 52.6 Å². The molecule has 0 unspecified atom stereocenters. The third-order valence-electron chi connectivity index (χ3n) is 6.47. The number of hydrogen-bond acceptors (Lipinski definition) is 4. The Hall–Kier alpha value is -1.76. The molecule has 1 heterocycles. The number of rotatable bonds is 1. The Morgan fingerprint density at radius 1 is 0.733 bits per heavy atom. The summed E-state index contributed by atoms with van der Waals surface area (Å²) in [5.74, 6) is 0.624. The number of benzene rings is 2. The van der Waals surface area contributed by atoms with Gasteiger partial charge < -0.3 is 9.31 Å². The average molecular weight is 469 g/mol. The van der Waals surface area contributed by atoms with E-state index in [4.69, 9.17) is 9.31 Å². The van der Waals surface area contributed by atoms with Crippen molar-refractivity contribution >= 4 is 40.1 Å². The first-order valence-corrected chi connectivity index (χ1v) is 11.1. The van der Waals surface area contributed by atoms with Gasteiger partial charge in [-0.3, -0.25) is 9.59 Å². The van der Waals surface area contributed by atoms with Crippen LogP contribution in [0.1, 0.15) is 49.9 Å². The minimum absolute atomic E-state index is 0.293. The molecule has 2 aromatic carbocycles. The monoisotopic (exact) mass is 468 g/mol. The van der Waals surface area contributed by atoms with Crippen LogP contribution in [0.25, 0.3) is 0 Å². The highest BCUT2D eigenvalue weighted by Gasteiger charge is 2.51. The lowest BCUT2D eigenvalue weighted by Gasteiger charge is -2.32. The van der Waals surface area contributed by atoms with Crippen LogP contribution in [0, 0.1) is 0 Å². The van der Waals surface area contributed by atoms with Crippen molar-refractivity contribution < 1.29 is 18.9 Å². The van der Waals surface area contributed by atoms with Gasteiger partial charge in [-0.25, -0.2) is 0 Å². The van der Waals surface area contributed by atoms with E-state index in [0.717, 1.165) is 21.1 Å². The first-order chi connectivity index (χ1) is 14.0. The second-order valence-electron chi connectivity index (χ2n) is 9.31. The lowest BCUT2D eigenvalue weighted by molar-refractivity contribution is -0.117. The number of carbonyl (C=O) groups excluding carboxylic acids is 2. The van der Waals surface area contributed by atoms with Crippen LogP contribution in [-0.4, -0.2) is 29.9 Å². The summed E-state index contributed by atoms with van der Waals surface area (Å²) in [6.45, 7) is 8.18. The molecule has 1 fully saturated rings. The number of hydrogen-bond donors (Lipinski definition) is 0. The van der Waals surface area contributed by atoms with Gasteiger partial charge in [0.1, 0.15) is 11.6 Å². The maximum Gasteiger partial charge on any atom is 0.494 e. The van der Waals surface area contributed by atoms with Crippen LogP contribution in [0.3, 0.4) is 0 Å². The lowest BCUT2D eigenvalue weighted by Crippen LogP contribution is -2.41. The first kappa shape index (κ1) is 21.5. The SMILES string of the molecule is CC1(C)OB(c2ccc3c(c2)CC(=O)C3)OC1(C)C.O=C1Cc2ccc(Br)cc2C1. The summed E-state index contributed by atoms with van der Waals surface area (Å²) in [4.78, 5) is 22.5. The number of halogens is 1. The highest BCUT2D eigenvalue weighted by atomic mass is 79.9. The Kier molecular flexibility index (Phi) is 5.54. The Morgan fingerprint density at radius 3 is 1.77 bits per heavy atom. The average Bonchev–Trinajstić information content (AvgIpc) is 3.26. The molecule has 6 heteroatoms. The van der Waals surface area contributed by atoms with Crippen LogP contribution in [0.2, 0.25) is 0 Å². The Morgan fingerprint density at radius 2 is 1.20 bits per heavy atom. The maximum absolute atomic E-state index is 11.5. The van der Waals surface area contributed by atoms with Gasteiger partial charge in [-0.2, -0.15) is 0 Å². The normalized spacial score (nSPS) is 20.6. The highest BCUT2D eigenvalue weighted by molar-refractivity contribution is 9.10. The summed E-state index contributed by atoms with van der Waals surface area (Å²) in [6.07, 6.45) is 2.36. The van der Waals surface area contributed by atoms with E-state index in [2.05, 4.69) is 22.0 Å². The number of fused-ring (bicyclic) bond motifs is 2. The predicted octanol–water partition coefficient (Wildman–Crippen LogP) is 3.77. The van der Waals surface area contributed by atoms with Crippen molar-refractivity contribution in [2.75, 3.05) is 0 Å². The molecule has 30 heavy (non-hydrogen) atoms. The molecular formula is C24H26BBrO4. The zero-order valence-corrected chi connectivity index (χ0v) is 19.5. The van der Waals surface area contributed by atoms with Gasteiger partial charge in [-0.1, -0.05) is 40.2 Å². The third-order valence-corrected chi connectivity index (χ3v) is 6.97. The molecule has 1 saturated heterocycles. The number of ketones is 2. The molecule has 0 N–H and O–H groups in total. The Labute approximate surface area is 186 Å². The Balaban J connectivity index is 0.000000168. The van der Waals surface area contributed by atoms with Crippen LogP contribution in [0.5, 0.6) is 0 Å². The molecule has 0 atom stereocenters. The minimum Gasteiger partial charge on any atom is -0.399 e. The summed E-state index contributed by atoms with van der Waals surface area (Å²) in [7, 11) is -0.342. The van der Waals surface area contributed by atoms with Crippen LogP contribution in [0.15, 0.2) is 40.9 Å². The molecule has 4 nitrogen and oxygen atoms in total. The molecule has 2 aliphatic carbocycles. The molecule has 1 aliphatic heterocycles.